The van der Waals surface area contributed by atoms with Crippen molar-refractivity contribution >= 4 is 28.7 Å². The molecular weight excluding hydrogens is 258 g/mol. The highest BCUT2D eigenvalue weighted by molar-refractivity contribution is 7.99. The molecule has 0 spiro atoms. The molecule has 1 heterocycles. The molecule has 0 aliphatic carbocycles. The second kappa shape index (κ2) is 6.19. The van der Waals surface area contributed by atoms with Gasteiger partial charge in [0.1, 0.15) is 11.3 Å². The van der Waals surface area contributed by atoms with Crippen molar-refractivity contribution in [2.45, 2.75) is 32.1 Å². The summed E-state index contributed by atoms with van der Waals surface area (Å²) >= 11 is 1.82. The van der Waals surface area contributed by atoms with E-state index in [1.54, 1.807) is 0 Å². The predicted octanol–water partition coefficient (Wildman–Crippen LogP) is 3.16. The lowest BCUT2D eigenvalue weighted by atomic mass is 10.3. The van der Waals surface area contributed by atoms with E-state index in [0.29, 0.717) is 17.8 Å². The Bertz CT molecular complexity index is 553. The molecule has 0 fully saturated rings. The van der Waals surface area contributed by atoms with Gasteiger partial charge < -0.3 is 15.0 Å². The second-order valence-electron chi connectivity index (χ2n) is 4.60. The van der Waals surface area contributed by atoms with E-state index in [1.165, 1.54) is 0 Å². The van der Waals surface area contributed by atoms with Crippen molar-refractivity contribution in [3.05, 3.63) is 18.2 Å². The zero-order valence-electron chi connectivity index (χ0n) is 11.7. The van der Waals surface area contributed by atoms with Crippen LogP contribution < -0.4 is 10.5 Å². The van der Waals surface area contributed by atoms with Crippen molar-refractivity contribution in [1.82, 2.24) is 9.55 Å². The Hall–Kier alpha value is -1.36. The summed E-state index contributed by atoms with van der Waals surface area (Å²) in [5.74, 6) is 1.38. The number of anilines is 1. The molecule has 4 nitrogen and oxygen atoms in total. The van der Waals surface area contributed by atoms with Gasteiger partial charge in [-0.05, 0) is 24.8 Å². The molecule has 0 aliphatic heterocycles. The predicted molar refractivity (Wildman–Crippen MR) is 82.9 cm³/mol. The van der Waals surface area contributed by atoms with E-state index < -0.39 is 0 Å². The monoisotopic (exact) mass is 279 g/mol. The average molecular weight is 279 g/mol. The maximum absolute atomic E-state index is 6.04. The highest BCUT2D eigenvalue weighted by Gasteiger charge is 2.13. The third-order valence-electron chi connectivity index (χ3n) is 3.08. The highest BCUT2D eigenvalue weighted by Crippen LogP contribution is 2.28. The Morgan fingerprint density at radius 3 is 2.95 bits per heavy atom. The van der Waals surface area contributed by atoms with Gasteiger partial charge in [0.25, 0.3) is 0 Å². The maximum Gasteiger partial charge on any atom is 0.201 e. The lowest BCUT2D eigenvalue weighted by Gasteiger charge is -2.11. The minimum absolute atomic E-state index is 0.500. The Kier molecular flexibility index (Phi) is 4.58. The van der Waals surface area contributed by atoms with E-state index in [4.69, 9.17) is 10.5 Å². The van der Waals surface area contributed by atoms with Crippen LogP contribution in [0.2, 0.25) is 0 Å². The summed E-state index contributed by atoms with van der Waals surface area (Å²) in [5, 5.41) is 0.500. The fraction of sp³-hybridized carbons (Fsp3) is 0.500. The van der Waals surface area contributed by atoms with Crippen LogP contribution in [0.15, 0.2) is 18.2 Å². The molecule has 1 unspecified atom stereocenters. The van der Waals surface area contributed by atoms with Gasteiger partial charge in [-0.15, -0.1) is 0 Å². The van der Waals surface area contributed by atoms with Crippen LogP contribution in [0.4, 0.5) is 5.95 Å². The van der Waals surface area contributed by atoms with Crippen LogP contribution in [0.3, 0.4) is 0 Å². The van der Waals surface area contributed by atoms with Crippen LogP contribution in [-0.4, -0.2) is 27.7 Å². The number of fused-ring (bicyclic) bond motifs is 1. The molecule has 0 bridgehead atoms. The lowest BCUT2D eigenvalue weighted by Crippen LogP contribution is -2.11. The lowest BCUT2D eigenvalue weighted by molar-refractivity contribution is 0.320. The third kappa shape index (κ3) is 2.97. The minimum atomic E-state index is 0.500. The van der Waals surface area contributed by atoms with Gasteiger partial charge in [-0.1, -0.05) is 19.9 Å². The van der Waals surface area contributed by atoms with Crippen LogP contribution in [0.5, 0.6) is 5.75 Å². The summed E-state index contributed by atoms with van der Waals surface area (Å²) in [7, 11) is 0. The summed E-state index contributed by atoms with van der Waals surface area (Å²) in [4.78, 5) is 4.46. The van der Waals surface area contributed by atoms with Crippen molar-refractivity contribution in [1.29, 1.82) is 0 Å². The van der Waals surface area contributed by atoms with Gasteiger partial charge in [0.2, 0.25) is 5.95 Å². The number of benzene rings is 1. The number of para-hydroxylation sites is 1. The Labute approximate surface area is 118 Å². The first-order chi connectivity index (χ1) is 9.17. The van der Waals surface area contributed by atoms with Gasteiger partial charge in [0, 0.05) is 11.8 Å². The molecule has 2 rings (SSSR count). The molecule has 19 heavy (non-hydrogen) atoms. The quantitative estimate of drug-likeness (QED) is 0.882. The normalized spacial score (nSPS) is 12.8. The molecule has 1 aromatic heterocycles. The summed E-state index contributed by atoms with van der Waals surface area (Å²) in [6.45, 7) is 5.84. The summed E-state index contributed by atoms with van der Waals surface area (Å²) in [6, 6.07) is 5.99. The van der Waals surface area contributed by atoms with Crippen molar-refractivity contribution in [3.8, 4) is 5.75 Å². The number of hydrogen-bond donors (Lipinski definition) is 1. The zero-order valence-corrected chi connectivity index (χ0v) is 12.5. The number of ether oxygens (including phenoxy) is 1. The molecular formula is C14H21N3OS. The molecule has 104 valence electrons. The summed E-state index contributed by atoms with van der Waals surface area (Å²) in [5.41, 5.74) is 7.95. The van der Waals surface area contributed by atoms with Crippen LogP contribution in [0.25, 0.3) is 11.0 Å². The number of aromatic nitrogens is 2. The Balaban J connectivity index is 2.40. The van der Waals surface area contributed by atoms with Crippen molar-refractivity contribution in [3.63, 3.8) is 0 Å². The Morgan fingerprint density at radius 1 is 1.47 bits per heavy atom. The minimum Gasteiger partial charge on any atom is -0.491 e. The Morgan fingerprint density at radius 2 is 2.26 bits per heavy atom. The van der Waals surface area contributed by atoms with E-state index in [1.807, 2.05) is 30.0 Å². The molecule has 0 aliphatic rings. The zero-order chi connectivity index (χ0) is 13.8. The van der Waals surface area contributed by atoms with Crippen LogP contribution >= 0.6 is 11.8 Å². The first-order valence-corrected chi connectivity index (χ1v) is 7.86. The molecule has 2 N–H and O–H groups in total. The number of nitrogen functional groups attached to an aromatic ring is 1. The fourth-order valence-electron chi connectivity index (χ4n) is 1.99. The highest BCUT2D eigenvalue weighted by atomic mass is 32.2. The fourth-order valence-corrected chi connectivity index (χ4v) is 2.29. The third-order valence-corrected chi connectivity index (χ3v) is 4.03. The van der Waals surface area contributed by atoms with Crippen molar-refractivity contribution in [2.24, 2.45) is 0 Å². The summed E-state index contributed by atoms with van der Waals surface area (Å²) < 4.78 is 7.80. The van der Waals surface area contributed by atoms with Crippen molar-refractivity contribution < 1.29 is 4.74 Å². The van der Waals surface area contributed by atoms with Crippen LogP contribution in [0, 0.1) is 0 Å². The first-order valence-electron chi connectivity index (χ1n) is 6.57. The average Bonchev–Trinajstić information content (AvgIpc) is 2.73. The molecule has 0 saturated carbocycles. The second-order valence-corrected chi connectivity index (χ2v) is 5.88. The molecule has 0 saturated heterocycles. The summed E-state index contributed by atoms with van der Waals surface area (Å²) in [6.07, 6.45) is 3.09. The van der Waals surface area contributed by atoms with Gasteiger partial charge in [-0.2, -0.15) is 11.8 Å². The van der Waals surface area contributed by atoms with E-state index in [2.05, 4.69) is 29.7 Å². The molecule has 2 aromatic rings. The van der Waals surface area contributed by atoms with E-state index >= 15 is 0 Å². The van der Waals surface area contributed by atoms with Gasteiger partial charge in [0.15, 0.2) is 0 Å². The molecule has 5 heteroatoms. The molecule has 1 aromatic carbocycles. The number of nitrogens with zero attached hydrogens (tertiary/aromatic N) is 2. The number of rotatable bonds is 6. The van der Waals surface area contributed by atoms with Crippen molar-refractivity contribution in [2.75, 3.05) is 18.6 Å². The molecule has 1 atom stereocenters. The number of thioether (sulfide) groups is 1. The SMILES string of the molecule is CCCOc1cccc2c1nc(N)n2CC(C)SC. The van der Waals surface area contributed by atoms with E-state index in [0.717, 1.165) is 29.7 Å². The maximum atomic E-state index is 6.04. The number of hydrogen-bond acceptors (Lipinski definition) is 4. The van der Waals surface area contributed by atoms with Crippen LogP contribution in [-0.2, 0) is 6.54 Å². The smallest absolute Gasteiger partial charge is 0.201 e. The first kappa shape index (κ1) is 14.1. The van der Waals surface area contributed by atoms with Crippen LogP contribution in [0.1, 0.15) is 20.3 Å². The van der Waals surface area contributed by atoms with Gasteiger partial charge in [0.05, 0.1) is 12.1 Å². The van der Waals surface area contributed by atoms with Gasteiger partial charge in [-0.25, -0.2) is 4.98 Å². The number of imidazole rings is 1. The van der Waals surface area contributed by atoms with Gasteiger partial charge in [-0.3, -0.25) is 0 Å². The van der Waals surface area contributed by atoms with Gasteiger partial charge >= 0.3 is 0 Å². The molecule has 0 amide bonds. The van der Waals surface area contributed by atoms with E-state index in [9.17, 15) is 0 Å². The number of nitrogens with two attached hydrogens (primary N) is 1. The van der Waals surface area contributed by atoms with E-state index in [-0.39, 0.29) is 0 Å². The standard InChI is InChI=1S/C14H21N3OS/c1-4-8-18-12-7-5-6-11-13(12)16-14(15)17(11)9-10(2)19-3/h5-7,10H,4,8-9H2,1-3H3,(H2,15,16). The molecule has 0 radical (unpaired) electrons. The topological polar surface area (TPSA) is 53.1 Å². The largest absolute Gasteiger partial charge is 0.491 e.